The molecule has 5 heteroatoms. The van der Waals surface area contributed by atoms with Crippen molar-refractivity contribution in [3.05, 3.63) is 65.2 Å². The van der Waals surface area contributed by atoms with Crippen molar-refractivity contribution < 1.29 is 4.79 Å². The zero-order chi connectivity index (χ0) is 21.5. The molecule has 162 valence electrons. The van der Waals surface area contributed by atoms with Crippen LogP contribution in [0.25, 0.3) is 0 Å². The van der Waals surface area contributed by atoms with Gasteiger partial charge in [-0.05, 0) is 56.8 Å². The Hall–Kier alpha value is -2.37. The van der Waals surface area contributed by atoms with Gasteiger partial charge in [-0.3, -0.25) is 9.69 Å². The van der Waals surface area contributed by atoms with Gasteiger partial charge in [-0.1, -0.05) is 37.3 Å². The molecular formula is C25H36N4O. The zero-order valence-electron chi connectivity index (χ0n) is 18.9. The van der Waals surface area contributed by atoms with Crippen molar-refractivity contribution in [2.24, 2.45) is 0 Å². The monoisotopic (exact) mass is 408 g/mol. The summed E-state index contributed by atoms with van der Waals surface area (Å²) in [6.07, 6.45) is 0. The van der Waals surface area contributed by atoms with Gasteiger partial charge < -0.3 is 15.1 Å². The van der Waals surface area contributed by atoms with Crippen molar-refractivity contribution in [1.29, 1.82) is 0 Å². The number of hydrogen-bond donors (Lipinski definition) is 1. The molecule has 1 aliphatic heterocycles. The van der Waals surface area contributed by atoms with E-state index in [1.165, 1.54) is 16.8 Å². The second kappa shape index (κ2) is 10.6. The number of carbonyl (C=O) groups excluding carboxylic acids is 1. The highest BCUT2D eigenvalue weighted by molar-refractivity contribution is 5.94. The number of likely N-dealkylation sites (N-methyl/N-ethyl adjacent to an activating group) is 1. The smallest absolute Gasteiger partial charge is 0.251 e. The summed E-state index contributed by atoms with van der Waals surface area (Å²) in [5.41, 5.74) is 4.35. The maximum Gasteiger partial charge on any atom is 0.251 e. The predicted molar refractivity (Wildman–Crippen MR) is 125 cm³/mol. The molecular weight excluding hydrogens is 372 g/mol. The lowest BCUT2D eigenvalue weighted by Crippen LogP contribution is -2.45. The van der Waals surface area contributed by atoms with E-state index in [4.69, 9.17) is 0 Å². The van der Waals surface area contributed by atoms with Crippen LogP contribution >= 0.6 is 0 Å². The number of nitrogens with one attached hydrogen (secondary N) is 1. The van der Waals surface area contributed by atoms with Gasteiger partial charge in [-0.25, -0.2) is 0 Å². The van der Waals surface area contributed by atoms with Gasteiger partial charge in [0.15, 0.2) is 0 Å². The third-order valence-corrected chi connectivity index (χ3v) is 6.01. The van der Waals surface area contributed by atoms with E-state index in [1.54, 1.807) is 0 Å². The molecule has 2 aromatic rings. The second-order valence-electron chi connectivity index (χ2n) is 8.46. The largest absolute Gasteiger partial charge is 0.369 e. The minimum atomic E-state index is -0.0223. The fourth-order valence-electron chi connectivity index (χ4n) is 3.95. The van der Waals surface area contributed by atoms with Crippen LogP contribution in [0, 0.1) is 0 Å². The van der Waals surface area contributed by atoms with E-state index in [0.717, 1.165) is 39.3 Å². The number of anilines is 1. The van der Waals surface area contributed by atoms with E-state index in [0.29, 0.717) is 18.2 Å². The molecule has 0 radical (unpaired) electrons. The fraction of sp³-hybridized carbons (Fsp3) is 0.480. The summed E-state index contributed by atoms with van der Waals surface area (Å²) in [5.74, 6) is -0.0223. The molecule has 3 rings (SSSR count). The summed E-state index contributed by atoms with van der Waals surface area (Å²) in [6.45, 7) is 13.3. The van der Waals surface area contributed by atoms with E-state index >= 15 is 0 Å². The van der Waals surface area contributed by atoms with Gasteiger partial charge in [-0.2, -0.15) is 0 Å². The lowest BCUT2D eigenvalue weighted by Gasteiger charge is -2.35. The predicted octanol–water partition coefficient (Wildman–Crippen LogP) is 3.60. The first-order valence-corrected chi connectivity index (χ1v) is 11.1. The number of para-hydroxylation sites is 1. The fourth-order valence-corrected chi connectivity index (χ4v) is 3.95. The molecule has 5 nitrogen and oxygen atoms in total. The molecule has 2 aromatic carbocycles. The average Bonchev–Trinajstić information content (AvgIpc) is 2.77. The molecule has 0 spiro atoms. The van der Waals surface area contributed by atoms with Gasteiger partial charge >= 0.3 is 0 Å². The first-order chi connectivity index (χ1) is 14.5. The molecule has 1 aliphatic rings. The third-order valence-electron chi connectivity index (χ3n) is 6.01. The Balaban J connectivity index is 1.60. The molecule has 1 amide bonds. The lowest BCUT2D eigenvalue weighted by molar-refractivity contribution is 0.0951. The van der Waals surface area contributed by atoms with Crippen LogP contribution in [0.3, 0.4) is 0 Å². The number of rotatable bonds is 8. The third kappa shape index (κ3) is 5.83. The maximum atomic E-state index is 12.7. The Morgan fingerprint density at radius 1 is 1.03 bits per heavy atom. The quantitative estimate of drug-likeness (QED) is 0.724. The minimum Gasteiger partial charge on any atom is -0.369 e. The Labute approximate surface area is 181 Å². The molecule has 0 atom stereocenters. The summed E-state index contributed by atoms with van der Waals surface area (Å²) >= 11 is 0. The Morgan fingerprint density at radius 3 is 2.33 bits per heavy atom. The van der Waals surface area contributed by atoms with E-state index in [-0.39, 0.29) is 5.91 Å². The molecule has 0 saturated carbocycles. The summed E-state index contributed by atoms with van der Waals surface area (Å²) in [5, 5.41) is 3.11. The first-order valence-electron chi connectivity index (χ1n) is 11.1. The van der Waals surface area contributed by atoms with Crippen LogP contribution in [-0.4, -0.2) is 61.5 Å². The minimum absolute atomic E-state index is 0.0223. The summed E-state index contributed by atoms with van der Waals surface area (Å²) in [7, 11) is 2.16. The number of benzene rings is 2. The summed E-state index contributed by atoms with van der Waals surface area (Å²) < 4.78 is 0. The number of amides is 1. The molecule has 1 saturated heterocycles. The van der Waals surface area contributed by atoms with Gasteiger partial charge in [0.05, 0.1) is 0 Å². The van der Waals surface area contributed by atoms with Crippen LogP contribution in [0.1, 0.15) is 42.3 Å². The van der Waals surface area contributed by atoms with E-state index in [2.05, 4.69) is 78.2 Å². The van der Waals surface area contributed by atoms with E-state index in [9.17, 15) is 4.79 Å². The number of nitrogens with zero attached hydrogens (tertiary/aromatic N) is 3. The molecule has 30 heavy (non-hydrogen) atoms. The summed E-state index contributed by atoms with van der Waals surface area (Å²) in [4.78, 5) is 19.9. The van der Waals surface area contributed by atoms with Crippen LogP contribution in [0.4, 0.5) is 5.69 Å². The van der Waals surface area contributed by atoms with Crippen molar-refractivity contribution in [1.82, 2.24) is 15.1 Å². The molecule has 0 bridgehead atoms. The Bertz CT molecular complexity index is 810. The topological polar surface area (TPSA) is 38.8 Å². The average molecular weight is 409 g/mol. The van der Waals surface area contributed by atoms with Crippen molar-refractivity contribution in [3.63, 3.8) is 0 Å². The van der Waals surface area contributed by atoms with Gasteiger partial charge in [0.25, 0.3) is 5.91 Å². The zero-order valence-corrected chi connectivity index (χ0v) is 18.9. The van der Waals surface area contributed by atoms with Gasteiger partial charge in [-0.15, -0.1) is 0 Å². The molecule has 0 aromatic heterocycles. The van der Waals surface area contributed by atoms with Crippen LogP contribution < -0.4 is 10.2 Å². The van der Waals surface area contributed by atoms with E-state index in [1.807, 2.05) is 18.2 Å². The standard InChI is InChI=1S/C25H36N4O/c1-5-28(20(2)3)19-21-10-12-22(13-11-21)25(30)26-18-23-8-6-7-9-24(23)29-16-14-27(4)15-17-29/h6-13,20H,5,14-19H2,1-4H3,(H,26,30). The Kier molecular flexibility index (Phi) is 7.88. The number of hydrogen-bond acceptors (Lipinski definition) is 4. The van der Waals surface area contributed by atoms with Crippen molar-refractivity contribution in [2.75, 3.05) is 44.7 Å². The molecule has 1 fully saturated rings. The van der Waals surface area contributed by atoms with Gasteiger partial charge in [0.1, 0.15) is 0 Å². The normalized spacial score (nSPS) is 15.1. The highest BCUT2D eigenvalue weighted by Gasteiger charge is 2.17. The highest BCUT2D eigenvalue weighted by atomic mass is 16.1. The van der Waals surface area contributed by atoms with Crippen LogP contribution in [0.2, 0.25) is 0 Å². The second-order valence-corrected chi connectivity index (χ2v) is 8.46. The first kappa shape index (κ1) is 22.3. The van der Waals surface area contributed by atoms with Crippen molar-refractivity contribution in [3.8, 4) is 0 Å². The molecule has 1 heterocycles. The maximum absolute atomic E-state index is 12.7. The summed E-state index contributed by atoms with van der Waals surface area (Å²) in [6, 6.07) is 16.9. The lowest BCUT2D eigenvalue weighted by atomic mass is 10.1. The van der Waals surface area contributed by atoms with Crippen LogP contribution in [0.15, 0.2) is 48.5 Å². The van der Waals surface area contributed by atoms with Gasteiger partial charge in [0.2, 0.25) is 0 Å². The number of piperazine rings is 1. The SMILES string of the molecule is CCN(Cc1ccc(C(=O)NCc2ccccc2N2CCN(C)CC2)cc1)C(C)C. The van der Waals surface area contributed by atoms with Crippen molar-refractivity contribution in [2.45, 2.75) is 39.9 Å². The van der Waals surface area contributed by atoms with E-state index < -0.39 is 0 Å². The van der Waals surface area contributed by atoms with Crippen molar-refractivity contribution >= 4 is 11.6 Å². The Morgan fingerprint density at radius 2 is 1.70 bits per heavy atom. The molecule has 0 aliphatic carbocycles. The highest BCUT2D eigenvalue weighted by Crippen LogP contribution is 2.22. The molecule has 1 N–H and O–H groups in total. The number of carbonyl (C=O) groups is 1. The van der Waals surface area contributed by atoms with Gasteiger partial charge in [0, 0.05) is 56.6 Å². The van der Waals surface area contributed by atoms with Crippen LogP contribution in [0.5, 0.6) is 0 Å². The van der Waals surface area contributed by atoms with Crippen LogP contribution in [-0.2, 0) is 13.1 Å². The molecule has 0 unspecified atom stereocenters.